The van der Waals surface area contributed by atoms with Crippen molar-refractivity contribution in [3.05, 3.63) is 35.5 Å². The van der Waals surface area contributed by atoms with Gasteiger partial charge in [0.2, 0.25) is 5.91 Å². The third-order valence-corrected chi connectivity index (χ3v) is 4.11. The second kappa shape index (κ2) is 8.74. The van der Waals surface area contributed by atoms with Gasteiger partial charge in [0.15, 0.2) is 5.96 Å². The van der Waals surface area contributed by atoms with E-state index in [4.69, 9.17) is 0 Å². The second-order valence-corrected chi connectivity index (χ2v) is 7.41. The molecule has 0 atom stereocenters. The van der Waals surface area contributed by atoms with E-state index in [-0.39, 0.29) is 18.0 Å². The number of H-pyrrole nitrogens is 1. The molecule has 1 aromatic heterocycles. The molecule has 0 aliphatic rings. The number of amides is 1. The minimum absolute atomic E-state index is 0.0517. The van der Waals surface area contributed by atoms with Gasteiger partial charge in [-0.2, -0.15) is 0 Å². The highest BCUT2D eigenvalue weighted by Gasteiger charge is 2.13. The van der Waals surface area contributed by atoms with Crippen molar-refractivity contribution in [1.82, 2.24) is 20.9 Å². The summed E-state index contributed by atoms with van der Waals surface area (Å²) in [6, 6.07) is 6.43. The maximum absolute atomic E-state index is 11.9. The van der Waals surface area contributed by atoms with Crippen LogP contribution < -0.4 is 16.0 Å². The van der Waals surface area contributed by atoms with Crippen LogP contribution in [0.5, 0.6) is 0 Å². The number of carbonyl (C=O) groups is 1. The number of hydrogen-bond acceptors (Lipinski definition) is 2. The molecule has 0 aliphatic heterocycles. The molecule has 0 fully saturated rings. The number of aromatic amines is 1. The zero-order chi connectivity index (χ0) is 19.2. The average molecular weight is 358 g/mol. The van der Waals surface area contributed by atoms with Crippen LogP contribution in [0.25, 0.3) is 10.9 Å². The number of para-hydroxylation sites is 1. The van der Waals surface area contributed by atoms with E-state index in [9.17, 15) is 4.79 Å². The van der Waals surface area contributed by atoms with Gasteiger partial charge in [0, 0.05) is 36.2 Å². The minimum atomic E-state index is -0.234. The monoisotopic (exact) mass is 357 g/mol. The third kappa shape index (κ3) is 5.51. The zero-order valence-electron chi connectivity index (χ0n) is 16.5. The quantitative estimate of drug-likeness (QED) is 0.473. The second-order valence-electron chi connectivity index (χ2n) is 7.41. The van der Waals surface area contributed by atoms with Gasteiger partial charge in [0.25, 0.3) is 0 Å². The first kappa shape index (κ1) is 19.8. The number of guanidine groups is 1. The molecule has 6 nitrogen and oxygen atoms in total. The van der Waals surface area contributed by atoms with Gasteiger partial charge in [-0.05, 0) is 44.7 Å². The zero-order valence-corrected chi connectivity index (χ0v) is 16.5. The van der Waals surface area contributed by atoms with Gasteiger partial charge in [-0.15, -0.1) is 0 Å². The Morgan fingerprint density at radius 1 is 1.19 bits per heavy atom. The Morgan fingerprint density at radius 3 is 2.62 bits per heavy atom. The van der Waals surface area contributed by atoms with Gasteiger partial charge in [-0.1, -0.05) is 25.1 Å². The standard InChI is InChI=1S/C20H31N5O/c1-6-14-8-7-9-16-15(12-23-18(14)16)10-11-22-19(21-5)24-13-17(26)25-20(2,3)4/h7-9,12,23H,6,10-11,13H2,1-5H3,(H,25,26)(H2,21,22,24). The van der Waals surface area contributed by atoms with Gasteiger partial charge >= 0.3 is 0 Å². The molecule has 26 heavy (non-hydrogen) atoms. The molecule has 1 heterocycles. The summed E-state index contributed by atoms with van der Waals surface area (Å²) in [5.41, 5.74) is 3.61. The lowest BCUT2D eigenvalue weighted by molar-refractivity contribution is -0.121. The van der Waals surface area contributed by atoms with Crippen molar-refractivity contribution in [2.45, 2.75) is 46.1 Å². The molecule has 1 amide bonds. The van der Waals surface area contributed by atoms with Gasteiger partial charge in [-0.3, -0.25) is 9.79 Å². The number of rotatable bonds is 6. The number of aryl methyl sites for hydroxylation is 1. The van der Waals surface area contributed by atoms with Crippen molar-refractivity contribution in [3.8, 4) is 0 Å². The van der Waals surface area contributed by atoms with E-state index in [1.807, 2.05) is 20.8 Å². The van der Waals surface area contributed by atoms with E-state index < -0.39 is 0 Å². The van der Waals surface area contributed by atoms with Crippen LogP contribution in [0.15, 0.2) is 29.4 Å². The van der Waals surface area contributed by atoms with Crippen LogP contribution in [-0.2, 0) is 17.6 Å². The lowest BCUT2D eigenvalue weighted by Crippen LogP contribution is -2.48. The third-order valence-electron chi connectivity index (χ3n) is 4.11. The lowest BCUT2D eigenvalue weighted by Gasteiger charge is -2.21. The number of aromatic nitrogens is 1. The number of benzene rings is 1. The van der Waals surface area contributed by atoms with Gasteiger partial charge in [0.1, 0.15) is 0 Å². The molecule has 6 heteroatoms. The average Bonchev–Trinajstić information content (AvgIpc) is 2.99. The van der Waals surface area contributed by atoms with Crippen LogP contribution in [0.4, 0.5) is 0 Å². The maximum atomic E-state index is 11.9. The molecule has 1 aromatic carbocycles. The number of nitrogens with zero attached hydrogens (tertiary/aromatic N) is 1. The number of carbonyl (C=O) groups excluding carboxylic acids is 1. The van der Waals surface area contributed by atoms with Gasteiger partial charge < -0.3 is 20.9 Å². The Hall–Kier alpha value is -2.50. The van der Waals surface area contributed by atoms with Crippen LogP contribution in [0.2, 0.25) is 0 Å². The normalized spacial score (nSPS) is 12.3. The summed E-state index contributed by atoms with van der Waals surface area (Å²) >= 11 is 0. The Morgan fingerprint density at radius 2 is 1.96 bits per heavy atom. The molecule has 2 rings (SSSR count). The molecule has 0 spiro atoms. The number of fused-ring (bicyclic) bond motifs is 1. The van der Waals surface area contributed by atoms with Crippen LogP contribution >= 0.6 is 0 Å². The fourth-order valence-electron chi connectivity index (χ4n) is 2.94. The SMILES string of the molecule is CCc1cccc2c(CCNC(=NC)NCC(=O)NC(C)(C)C)c[nH]c12. The Balaban J connectivity index is 1.85. The first-order valence-electron chi connectivity index (χ1n) is 9.17. The summed E-state index contributed by atoms with van der Waals surface area (Å²) in [5, 5.41) is 10.5. The van der Waals surface area contributed by atoms with Crippen LogP contribution in [0, 0.1) is 0 Å². The molecule has 0 saturated carbocycles. The topological polar surface area (TPSA) is 81.3 Å². The molecular weight excluding hydrogens is 326 g/mol. The Bertz CT molecular complexity index is 770. The summed E-state index contributed by atoms with van der Waals surface area (Å²) in [4.78, 5) is 19.5. The Kier molecular flexibility index (Phi) is 6.66. The summed E-state index contributed by atoms with van der Waals surface area (Å²) in [6.07, 6.45) is 3.98. The Labute approximate surface area is 155 Å². The molecule has 0 saturated heterocycles. The molecule has 0 radical (unpaired) electrons. The summed E-state index contributed by atoms with van der Waals surface area (Å²) in [5.74, 6) is 0.576. The highest BCUT2D eigenvalue weighted by atomic mass is 16.2. The summed E-state index contributed by atoms with van der Waals surface area (Å²) < 4.78 is 0. The summed E-state index contributed by atoms with van der Waals surface area (Å²) in [7, 11) is 1.70. The predicted molar refractivity (Wildman–Crippen MR) is 109 cm³/mol. The van der Waals surface area contributed by atoms with Crippen molar-refractivity contribution in [3.63, 3.8) is 0 Å². The van der Waals surface area contributed by atoms with Crippen LogP contribution in [0.3, 0.4) is 0 Å². The number of aliphatic imine (C=N–C) groups is 1. The maximum Gasteiger partial charge on any atom is 0.239 e. The minimum Gasteiger partial charge on any atom is -0.361 e. The molecular formula is C20H31N5O. The number of hydrogen-bond donors (Lipinski definition) is 4. The molecule has 0 unspecified atom stereocenters. The predicted octanol–water partition coefficient (Wildman–Crippen LogP) is 2.35. The summed E-state index contributed by atoms with van der Waals surface area (Å²) in [6.45, 7) is 8.99. The smallest absolute Gasteiger partial charge is 0.239 e. The van der Waals surface area contributed by atoms with E-state index in [2.05, 4.69) is 57.2 Å². The van der Waals surface area contributed by atoms with Gasteiger partial charge in [0.05, 0.1) is 6.54 Å². The first-order valence-corrected chi connectivity index (χ1v) is 9.17. The highest BCUT2D eigenvalue weighted by molar-refractivity contribution is 5.87. The lowest BCUT2D eigenvalue weighted by atomic mass is 10.1. The van der Waals surface area contributed by atoms with E-state index >= 15 is 0 Å². The van der Waals surface area contributed by atoms with Crippen molar-refractivity contribution in [2.24, 2.45) is 4.99 Å². The van der Waals surface area contributed by atoms with Crippen molar-refractivity contribution in [2.75, 3.05) is 20.1 Å². The van der Waals surface area contributed by atoms with E-state index in [1.54, 1.807) is 7.05 Å². The molecule has 2 aromatic rings. The molecule has 0 aliphatic carbocycles. The van der Waals surface area contributed by atoms with Crippen molar-refractivity contribution < 1.29 is 4.79 Å². The van der Waals surface area contributed by atoms with E-state index in [0.717, 1.165) is 19.4 Å². The fraction of sp³-hybridized carbons (Fsp3) is 0.500. The molecule has 4 N–H and O–H groups in total. The van der Waals surface area contributed by atoms with Crippen molar-refractivity contribution >= 4 is 22.8 Å². The van der Waals surface area contributed by atoms with Gasteiger partial charge in [-0.25, -0.2) is 0 Å². The first-order chi connectivity index (χ1) is 12.3. The van der Waals surface area contributed by atoms with Crippen molar-refractivity contribution in [1.29, 1.82) is 0 Å². The molecule has 0 bridgehead atoms. The number of nitrogens with one attached hydrogen (secondary N) is 4. The largest absolute Gasteiger partial charge is 0.361 e. The highest BCUT2D eigenvalue weighted by Crippen LogP contribution is 2.22. The van der Waals surface area contributed by atoms with E-state index in [1.165, 1.54) is 22.0 Å². The van der Waals surface area contributed by atoms with Crippen LogP contribution in [-0.4, -0.2) is 42.5 Å². The van der Waals surface area contributed by atoms with Crippen LogP contribution in [0.1, 0.15) is 38.8 Å². The fourth-order valence-corrected chi connectivity index (χ4v) is 2.94. The molecule has 142 valence electrons. The van der Waals surface area contributed by atoms with E-state index in [0.29, 0.717) is 5.96 Å².